The van der Waals surface area contributed by atoms with Crippen molar-refractivity contribution < 1.29 is 14.4 Å². The fraction of sp³-hybridized carbons (Fsp3) is 0.600. The van der Waals surface area contributed by atoms with Gasteiger partial charge in [-0.05, 0) is 19.8 Å². The molecule has 0 unspecified atom stereocenters. The SMILES string of the molecule is Cc1csc(NC(=O)CCN2C(=O)[C@@H]3CCCC[C@H]3C2=O)n1. The van der Waals surface area contributed by atoms with Gasteiger partial charge in [0.1, 0.15) is 0 Å². The number of nitrogens with zero attached hydrogens (tertiary/aromatic N) is 2. The molecule has 2 aliphatic rings. The summed E-state index contributed by atoms with van der Waals surface area (Å²) in [5, 5.41) is 5.10. The van der Waals surface area contributed by atoms with Crippen molar-refractivity contribution in [3.8, 4) is 0 Å². The van der Waals surface area contributed by atoms with Crippen LogP contribution in [-0.2, 0) is 14.4 Å². The Bertz CT molecular complexity index is 589. The number of aryl methyl sites for hydroxylation is 1. The molecule has 2 heterocycles. The van der Waals surface area contributed by atoms with Crippen molar-refractivity contribution in [2.45, 2.75) is 39.0 Å². The molecular formula is C15H19N3O3S. The first kappa shape index (κ1) is 15.1. The molecule has 2 atom stereocenters. The number of carbonyl (C=O) groups excluding carboxylic acids is 3. The smallest absolute Gasteiger partial charge is 0.233 e. The van der Waals surface area contributed by atoms with Crippen LogP contribution in [0, 0.1) is 18.8 Å². The highest BCUT2D eigenvalue weighted by atomic mass is 32.1. The molecule has 1 saturated heterocycles. The number of aromatic nitrogens is 1. The number of rotatable bonds is 4. The van der Waals surface area contributed by atoms with Crippen LogP contribution in [0.25, 0.3) is 0 Å². The van der Waals surface area contributed by atoms with Crippen LogP contribution in [0.4, 0.5) is 5.13 Å². The Kier molecular flexibility index (Phi) is 4.24. The second-order valence-corrected chi connectivity index (χ2v) is 6.78. The maximum Gasteiger partial charge on any atom is 0.233 e. The molecule has 0 aromatic carbocycles. The monoisotopic (exact) mass is 321 g/mol. The molecule has 0 bridgehead atoms. The van der Waals surface area contributed by atoms with Crippen molar-refractivity contribution in [3.63, 3.8) is 0 Å². The largest absolute Gasteiger partial charge is 0.302 e. The van der Waals surface area contributed by atoms with Crippen LogP contribution in [-0.4, -0.2) is 34.2 Å². The summed E-state index contributed by atoms with van der Waals surface area (Å²) >= 11 is 1.36. The van der Waals surface area contributed by atoms with Crippen molar-refractivity contribution in [3.05, 3.63) is 11.1 Å². The standard InChI is InChI=1S/C15H19N3O3S/c1-9-8-22-15(16-9)17-12(19)6-7-18-13(20)10-4-2-3-5-11(10)14(18)21/h8,10-11H,2-7H2,1H3,(H,16,17,19)/t10-,11-/m1/s1. The first-order valence-corrected chi connectivity index (χ1v) is 8.51. The lowest BCUT2D eigenvalue weighted by atomic mass is 9.81. The van der Waals surface area contributed by atoms with Gasteiger partial charge in [0.2, 0.25) is 17.7 Å². The Morgan fingerprint density at radius 1 is 1.32 bits per heavy atom. The van der Waals surface area contributed by atoms with Crippen LogP contribution < -0.4 is 5.32 Å². The molecule has 1 aliphatic carbocycles. The predicted molar refractivity (Wildman–Crippen MR) is 82.3 cm³/mol. The maximum absolute atomic E-state index is 12.3. The van der Waals surface area contributed by atoms with Crippen LogP contribution >= 0.6 is 11.3 Å². The molecule has 22 heavy (non-hydrogen) atoms. The zero-order chi connectivity index (χ0) is 15.7. The highest BCUT2D eigenvalue weighted by Gasteiger charge is 2.47. The van der Waals surface area contributed by atoms with Crippen molar-refractivity contribution in [2.24, 2.45) is 11.8 Å². The summed E-state index contributed by atoms with van der Waals surface area (Å²) in [5.41, 5.74) is 0.856. The van der Waals surface area contributed by atoms with E-state index in [1.807, 2.05) is 12.3 Å². The molecule has 2 fully saturated rings. The first-order valence-electron chi connectivity index (χ1n) is 7.63. The van der Waals surface area contributed by atoms with Gasteiger partial charge in [-0.2, -0.15) is 0 Å². The Morgan fingerprint density at radius 2 is 1.95 bits per heavy atom. The normalized spacial score (nSPS) is 24.5. The summed E-state index contributed by atoms with van der Waals surface area (Å²) in [7, 11) is 0. The molecule has 1 saturated carbocycles. The van der Waals surface area contributed by atoms with Crippen molar-refractivity contribution >= 4 is 34.2 Å². The number of thiazole rings is 1. The first-order chi connectivity index (χ1) is 10.6. The average molecular weight is 321 g/mol. The zero-order valence-corrected chi connectivity index (χ0v) is 13.3. The molecule has 118 valence electrons. The van der Waals surface area contributed by atoms with E-state index in [2.05, 4.69) is 10.3 Å². The molecule has 1 aliphatic heterocycles. The van der Waals surface area contributed by atoms with Gasteiger partial charge in [-0.15, -0.1) is 11.3 Å². The van der Waals surface area contributed by atoms with Crippen molar-refractivity contribution in [2.75, 3.05) is 11.9 Å². The Labute approximate surface area is 132 Å². The van der Waals surface area contributed by atoms with E-state index >= 15 is 0 Å². The summed E-state index contributed by atoms with van der Waals surface area (Å²) in [4.78, 5) is 41.9. The average Bonchev–Trinajstić information content (AvgIpc) is 3.01. The second kappa shape index (κ2) is 6.16. The minimum atomic E-state index is -0.218. The number of nitrogens with one attached hydrogen (secondary N) is 1. The van der Waals surface area contributed by atoms with Crippen LogP contribution in [0.15, 0.2) is 5.38 Å². The van der Waals surface area contributed by atoms with Gasteiger partial charge < -0.3 is 5.32 Å². The lowest BCUT2D eigenvalue weighted by Crippen LogP contribution is -2.34. The van der Waals surface area contributed by atoms with Gasteiger partial charge in [-0.25, -0.2) is 4.98 Å². The van der Waals surface area contributed by atoms with Gasteiger partial charge in [0.05, 0.1) is 17.5 Å². The number of hydrogen-bond acceptors (Lipinski definition) is 5. The lowest BCUT2D eigenvalue weighted by molar-refractivity contribution is -0.140. The summed E-state index contributed by atoms with van der Waals surface area (Å²) in [5.74, 6) is -0.693. The fourth-order valence-corrected chi connectivity index (χ4v) is 3.96. The topological polar surface area (TPSA) is 79.4 Å². The van der Waals surface area contributed by atoms with Crippen molar-refractivity contribution in [1.29, 1.82) is 0 Å². The predicted octanol–water partition coefficient (Wildman–Crippen LogP) is 1.96. The number of fused-ring (bicyclic) bond motifs is 1. The minimum Gasteiger partial charge on any atom is -0.302 e. The Morgan fingerprint density at radius 3 is 2.50 bits per heavy atom. The highest BCUT2D eigenvalue weighted by molar-refractivity contribution is 7.13. The van der Waals surface area contributed by atoms with Gasteiger partial charge in [0.15, 0.2) is 5.13 Å². The number of hydrogen-bond donors (Lipinski definition) is 1. The molecule has 0 spiro atoms. The van der Waals surface area contributed by atoms with Crippen LogP contribution in [0.5, 0.6) is 0 Å². The molecule has 1 aromatic heterocycles. The summed E-state index contributed by atoms with van der Waals surface area (Å²) in [6.07, 6.45) is 3.75. The minimum absolute atomic E-state index is 0.0902. The number of carbonyl (C=O) groups is 3. The van der Waals surface area contributed by atoms with E-state index in [4.69, 9.17) is 0 Å². The van der Waals surface area contributed by atoms with E-state index in [0.29, 0.717) is 5.13 Å². The molecule has 1 aromatic rings. The number of imide groups is 1. The third kappa shape index (κ3) is 2.90. The molecule has 0 radical (unpaired) electrons. The second-order valence-electron chi connectivity index (χ2n) is 5.92. The quantitative estimate of drug-likeness (QED) is 0.860. The fourth-order valence-electron chi connectivity index (χ4n) is 3.26. The third-order valence-electron chi connectivity index (χ3n) is 4.36. The zero-order valence-electron chi connectivity index (χ0n) is 12.5. The van der Waals surface area contributed by atoms with Crippen molar-refractivity contribution in [1.82, 2.24) is 9.88 Å². The van der Waals surface area contributed by atoms with Crippen LogP contribution in [0.2, 0.25) is 0 Å². The van der Waals surface area contributed by atoms with E-state index in [1.54, 1.807) is 0 Å². The summed E-state index contributed by atoms with van der Waals surface area (Å²) in [6.45, 7) is 2.02. The van der Waals surface area contributed by atoms with E-state index in [9.17, 15) is 14.4 Å². The van der Waals surface area contributed by atoms with E-state index in [1.165, 1.54) is 16.2 Å². The maximum atomic E-state index is 12.3. The lowest BCUT2D eigenvalue weighted by Gasteiger charge is -2.19. The summed E-state index contributed by atoms with van der Waals surface area (Å²) in [6, 6.07) is 0. The van der Waals surface area contributed by atoms with Gasteiger partial charge in [-0.3, -0.25) is 19.3 Å². The highest BCUT2D eigenvalue weighted by Crippen LogP contribution is 2.37. The van der Waals surface area contributed by atoms with E-state index in [-0.39, 0.29) is 42.5 Å². The van der Waals surface area contributed by atoms with Gasteiger partial charge >= 0.3 is 0 Å². The number of anilines is 1. The number of likely N-dealkylation sites (tertiary alicyclic amines) is 1. The molecule has 3 amide bonds. The third-order valence-corrected chi connectivity index (χ3v) is 5.24. The number of amides is 3. The molecular weight excluding hydrogens is 302 g/mol. The van der Waals surface area contributed by atoms with Gasteiger partial charge in [-0.1, -0.05) is 12.8 Å². The van der Waals surface area contributed by atoms with Gasteiger partial charge in [0, 0.05) is 18.3 Å². The van der Waals surface area contributed by atoms with Crippen LogP contribution in [0.1, 0.15) is 37.8 Å². The van der Waals surface area contributed by atoms with Crippen LogP contribution in [0.3, 0.4) is 0 Å². The molecule has 7 heteroatoms. The Hall–Kier alpha value is -1.76. The Balaban J connectivity index is 1.55. The van der Waals surface area contributed by atoms with E-state index in [0.717, 1.165) is 31.4 Å². The molecule has 6 nitrogen and oxygen atoms in total. The van der Waals surface area contributed by atoms with E-state index < -0.39 is 0 Å². The summed E-state index contributed by atoms with van der Waals surface area (Å²) < 4.78 is 0. The van der Waals surface area contributed by atoms with Gasteiger partial charge in [0.25, 0.3) is 0 Å². The molecule has 3 rings (SSSR count). The molecule has 1 N–H and O–H groups in total.